The van der Waals surface area contributed by atoms with Gasteiger partial charge in [-0.3, -0.25) is 0 Å². The Morgan fingerprint density at radius 2 is 1.94 bits per heavy atom. The lowest BCUT2D eigenvalue weighted by Crippen LogP contribution is -1.99. The van der Waals surface area contributed by atoms with E-state index in [0.717, 1.165) is 17.5 Å². The number of halogens is 1. The van der Waals surface area contributed by atoms with Crippen molar-refractivity contribution in [2.75, 3.05) is 0 Å². The summed E-state index contributed by atoms with van der Waals surface area (Å²) in [4.78, 5) is 0. The Hall–Kier alpha value is -1.06. The Kier molecular flexibility index (Phi) is 4.61. The van der Waals surface area contributed by atoms with E-state index in [2.05, 4.69) is 35.0 Å². The predicted octanol–water partition coefficient (Wildman–Crippen LogP) is 4.47. The summed E-state index contributed by atoms with van der Waals surface area (Å²) >= 11 is 3.29. The third-order valence-corrected chi connectivity index (χ3v) is 3.70. The van der Waals surface area contributed by atoms with E-state index in [1.807, 2.05) is 12.1 Å². The summed E-state index contributed by atoms with van der Waals surface area (Å²) < 4.78 is 5.73. The second kappa shape index (κ2) is 6.21. The fraction of sp³-hybridized carbons (Fsp3) is 0.333. The summed E-state index contributed by atoms with van der Waals surface area (Å²) in [5, 5.41) is 10.2. The Morgan fingerprint density at radius 3 is 2.50 bits per heavy atom. The molecule has 1 N–H and O–H groups in total. The molecule has 1 unspecified atom stereocenters. The van der Waals surface area contributed by atoms with Gasteiger partial charge in [0.05, 0.1) is 6.26 Å². The Morgan fingerprint density at radius 1 is 1.22 bits per heavy atom. The maximum Gasteiger partial charge on any atom is 0.175 e. The van der Waals surface area contributed by atoms with E-state index >= 15 is 0 Å². The molecule has 3 heteroatoms. The van der Waals surface area contributed by atoms with Gasteiger partial charge in [0.15, 0.2) is 4.67 Å². The molecule has 18 heavy (non-hydrogen) atoms. The second-order valence-electron chi connectivity index (χ2n) is 4.40. The van der Waals surface area contributed by atoms with Crippen molar-refractivity contribution in [2.24, 2.45) is 0 Å². The van der Waals surface area contributed by atoms with Gasteiger partial charge in [-0.05, 0) is 46.0 Å². The SMILES string of the molecule is CCCCc1ccc(C(O)c2ccoc2Br)cc1. The van der Waals surface area contributed by atoms with Gasteiger partial charge in [-0.25, -0.2) is 0 Å². The number of hydrogen-bond donors (Lipinski definition) is 1. The minimum absolute atomic E-state index is 0.588. The number of aliphatic hydroxyl groups excluding tert-OH is 1. The maximum absolute atomic E-state index is 10.2. The number of furan rings is 1. The largest absolute Gasteiger partial charge is 0.457 e. The molecule has 0 saturated heterocycles. The molecule has 0 aliphatic carbocycles. The molecular weight excluding hydrogens is 292 g/mol. The van der Waals surface area contributed by atoms with Crippen molar-refractivity contribution in [3.63, 3.8) is 0 Å². The molecule has 0 fully saturated rings. The van der Waals surface area contributed by atoms with Gasteiger partial charge in [0.1, 0.15) is 6.10 Å². The molecule has 0 bridgehead atoms. The summed E-state index contributed by atoms with van der Waals surface area (Å²) in [6, 6.07) is 9.91. The van der Waals surface area contributed by atoms with Crippen LogP contribution in [0, 0.1) is 0 Å². The van der Waals surface area contributed by atoms with Crippen LogP contribution in [0.1, 0.15) is 42.6 Å². The zero-order chi connectivity index (χ0) is 13.0. The normalized spacial score (nSPS) is 12.6. The molecule has 0 aliphatic heterocycles. The van der Waals surface area contributed by atoms with Crippen molar-refractivity contribution in [3.05, 3.63) is 58.0 Å². The van der Waals surface area contributed by atoms with Crippen LogP contribution in [0.25, 0.3) is 0 Å². The first-order chi connectivity index (χ1) is 8.72. The van der Waals surface area contributed by atoms with E-state index in [0.29, 0.717) is 4.67 Å². The number of hydrogen-bond acceptors (Lipinski definition) is 2. The summed E-state index contributed by atoms with van der Waals surface area (Å²) in [6.45, 7) is 2.19. The molecular formula is C15H17BrO2. The van der Waals surface area contributed by atoms with Crippen LogP contribution < -0.4 is 0 Å². The highest BCUT2D eigenvalue weighted by molar-refractivity contribution is 9.10. The molecule has 96 valence electrons. The highest BCUT2D eigenvalue weighted by Crippen LogP contribution is 2.29. The molecule has 1 aromatic heterocycles. The van der Waals surface area contributed by atoms with Gasteiger partial charge in [0, 0.05) is 5.56 Å². The van der Waals surface area contributed by atoms with Gasteiger partial charge in [0.25, 0.3) is 0 Å². The highest BCUT2D eigenvalue weighted by atomic mass is 79.9. The summed E-state index contributed by atoms with van der Waals surface area (Å²) in [5.41, 5.74) is 2.97. The Labute approximate surface area is 116 Å². The first kappa shape index (κ1) is 13.4. The molecule has 0 aliphatic rings. The summed E-state index contributed by atoms with van der Waals surface area (Å²) in [6.07, 6.45) is 4.43. The first-order valence-electron chi connectivity index (χ1n) is 6.22. The van der Waals surface area contributed by atoms with E-state index in [1.165, 1.54) is 18.4 Å². The fourth-order valence-corrected chi connectivity index (χ4v) is 2.38. The zero-order valence-corrected chi connectivity index (χ0v) is 12.0. The van der Waals surface area contributed by atoms with Crippen LogP contribution in [-0.4, -0.2) is 5.11 Å². The predicted molar refractivity (Wildman–Crippen MR) is 75.5 cm³/mol. The summed E-state index contributed by atoms with van der Waals surface area (Å²) in [7, 11) is 0. The van der Waals surface area contributed by atoms with Crippen LogP contribution in [0.2, 0.25) is 0 Å². The number of aryl methyl sites for hydroxylation is 1. The van der Waals surface area contributed by atoms with Crippen LogP contribution in [-0.2, 0) is 6.42 Å². The smallest absolute Gasteiger partial charge is 0.175 e. The van der Waals surface area contributed by atoms with Crippen LogP contribution in [0.5, 0.6) is 0 Å². The number of rotatable bonds is 5. The van der Waals surface area contributed by atoms with E-state index in [9.17, 15) is 5.11 Å². The lowest BCUT2D eigenvalue weighted by molar-refractivity contribution is 0.218. The van der Waals surface area contributed by atoms with E-state index < -0.39 is 6.10 Å². The van der Waals surface area contributed by atoms with Crippen molar-refractivity contribution in [1.29, 1.82) is 0 Å². The molecule has 1 atom stereocenters. The lowest BCUT2D eigenvalue weighted by Gasteiger charge is -2.10. The lowest BCUT2D eigenvalue weighted by atomic mass is 10.0. The van der Waals surface area contributed by atoms with Gasteiger partial charge >= 0.3 is 0 Å². The van der Waals surface area contributed by atoms with Gasteiger partial charge in [-0.1, -0.05) is 37.6 Å². The second-order valence-corrected chi connectivity index (χ2v) is 5.12. The maximum atomic E-state index is 10.2. The van der Waals surface area contributed by atoms with Crippen molar-refractivity contribution >= 4 is 15.9 Å². The molecule has 0 saturated carbocycles. The van der Waals surface area contributed by atoms with Crippen molar-refractivity contribution in [1.82, 2.24) is 0 Å². The van der Waals surface area contributed by atoms with Crippen molar-refractivity contribution in [3.8, 4) is 0 Å². The average molecular weight is 309 g/mol. The number of benzene rings is 1. The monoisotopic (exact) mass is 308 g/mol. The molecule has 2 rings (SSSR count). The first-order valence-corrected chi connectivity index (χ1v) is 7.01. The van der Waals surface area contributed by atoms with Crippen LogP contribution >= 0.6 is 15.9 Å². The van der Waals surface area contributed by atoms with Gasteiger partial charge in [-0.2, -0.15) is 0 Å². The number of aliphatic hydroxyl groups is 1. The average Bonchev–Trinajstić information content (AvgIpc) is 2.82. The van der Waals surface area contributed by atoms with E-state index in [-0.39, 0.29) is 0 Å². The van der Waals surface area contributed by atoms with Crippen LogP contribution in [0.3, 0.4) is 0 Å². The third-order valence-electron chi connectivity index (χ3n) is 3.06. The Balaban J connectivity index is 2.12. The van der Waals surface area contributed by atoms with Gasteiger partial charge in [0.2, 0.25) is 0 Å². The fourth-order valence-electron chi connectivity index (χ4n) is 1.93. The Bertz CT molecular complexity index is 487. The molecule has 1 aromatic carbocycles. The van der Waals surface area contributed by atoms with Crippen LogP contribution in [0.4, 0.5) is 0 Å². The molecule has 2 aromatic rings. The van der Waals surface area contributed by atoms with Crippen molar-refractivity contribution < 1.29 is 9.52 Å². The van der Waals surface area contributed by atoms with Gasteiger partial charge < -0.3 is 9.52 Å². The molecule has 1 heterocycles. The summed E-state index contributed by atoms with van der Waals surface area (Å²) in [5.74, 6) is 0. The standard InChI is InChI=1S/C15H17BrO2/c1-2-3-4-11-5-7-12(8-6-11)14(17)13-9-10-18-15(13)16/h5-10,14,17H,2-4H2,1H3. The molecule has 0 amide bonds. The number of unbranched alkanes of at least 4 members (excludes halogenated alkanes) is 1. The zero-order valence-electron chi connectivity index (χ0n) is 10.4. The molecule has 0 radical (unpaired) electrons. The molecule has 2 nitrogen and oxygen atoms in total. The van der Waals surface area contributed by atoms with Crippen molar-refractivity contribution in [2.45, 2.75) is 32.3 Å². The third kappa shape index (κ3) is 3.03. The van der Waals surface area contributed by atoms with E-state index in [1.54, 1.807) is 12.3 Å². The minimum atomic E-state index is -0.640. The minimum Gasteiger partial charge on any atom is -0.457 e. The highest BCUT2D eigenvalue weighted by Gasteiger charge is 2.15. The van der Waals surface area contributed by atoms with E-state index in [4.69, 9.17) is 4.42 Å². The quantitative estimate of drug-likeness (QED) is 0.884. The molecule has 0 spiro atoms. The van der Waals surface area contributed by atoms with Gasteiger partial charge in [-0.15, -0.1) is 0 Å². The van der Waals surface area contributed by atoms with Crippen LogP contribution in [0.15, 0.2) is 45.7 Å². The topological polar surface area (TPSA) is 33.4 Å².